The summed E-state index contributed by atoms with van der Waals surface area (Å²) in [6.07, 6.45) is 6.82. The molecule has 0 bridgehead atoms. The zero-order valence-electron chi connectivity index (χ0n) is 9.33. The molecule has 15 heavy (non-hydrogen) atoms. The van der Waals surface area contributed by atoms with E-state index in [4.69, 9.17) is 0 Å². The predicted molar refractivity (Wildman–Crippen MR) is 64.0 cm³/mol. The highest BCUT2D eigenvalue weighted by atomic mass is 16.1. The third-order valence-corrected chi connectivity index (χ3v) is 2.53. The molecule has 0 radical (unpaired) electrons. The number of rotatable bonds is 7. The molecule has 2 nitrogen and oxygen atoms in total. The first-order valence-corrected chi connectivity index (χ1v) is 5.66. The predicted octanol–water partition coefficient (Wildman–Crippen LogP) is 3.38. The van der Waals surface area contributed by atoms with Crippen molar-refractivity contribution >= 4 is 12.1 Å². The molecular weight excluding hydrogens is 186 g/mol. The van der Waals surface area contributed by atoms with Crippen LogP contribution in [0.4, 0.5) is 5.69 Å². The second kappa shape index (κ2) is 7.04. The highest BCUT2D eigenvalue weighted by molar-refractivity contribution is 5.73. The fourth-order valence-electron chi connectivity index (χ4n) is 1.68. The van der Waals surface area contributed by atoms with Crippen LogP contribution >= 0.6 is 0 Å². The van der Waals surface area contributed by atoms with E-state index in [2.05, 4.69) is 18.3 Å². The van der Waals surface area contributed by atoms with E-state index >= 15 is 0 Å². The van der Waals surface area contributed by atoms with Gasteiger partial charge in [0.25, 0.3) is 0 Å². The second-order valence-corrected chi connectivity index (χ2v) is 3.73. The first-order chi connectivity index (χ1) is 7.38. The van der Waals surface area contributed by atoms with Gasteiger partial charge in [0.1, 0.15) is 0 Å². The molecule has 0 saturated carbocycles. The van der Waals surface area contributed by atoms with Crippen LogP contribution in [0.3, 0.4) is 0 Å². The highest BCUT2D eigenvalue weighted by Crippen LogP contribution is 2.17. The van der Waals surface area contributed by atoms with E-state index in [0.29, 0.717) is 0 Å². The number of anilines is 1. The van der Waals surface area contributed by atoms with Crippen molar-refractivity contribution in [3.63, 3.8) is 0 Å². The zero-order valence-corrected chi connectivity index (χ0v) is 9.33. The summed E-state index contributed by atoms with van der Waals surface area (Å²) in [6.45, 7) is 2.21. The molecule has 1 amide bonds. The van der Waals surface area contributed by atoms with Crippen molar-refractivity contribution in [3.05, 3.63) is 29.8 Å². The molecule has 1 aromatic rings. The van der Waals surface area contributed by atoms with Crippen LogP contribution in [0.2, 0.25) is 0 Å². The molecular formula is C13H19NO. The summed E-state index contributed by atoms with van der Waals surface area (Å²) in [7, 11) is 0. The van der Waals surface area contributed by atoms with E-state index in [1.165, 1.54) is 31.2 Å². The van der Waals surface area contributed by atoms with Crippen molar-refractivity contribution in [2.24, 2.45) is 0 Å². The summed E-state index contributed by atoms with van der Waals surface area (Å²) in [5.74, 6) is 0. The van der Waals surface area contributed by atoms with Crippen molar-refractivity contribution in [2.75, 3.05) is 5.32 Å². The quantitative estimate of drug-likeness (QED) is 0.536. The van der Waals surface area contributed by atoms with Crippen molar-refractivity contribution in [2.45, 2.75) is 39.0 Å². The molecule has 1 aromatic carbocycles. The Morgan fingerprint density at radius 3 is 2.73 bits per heavy atom. The van der Waals surface area contributed by atoms with Gasteiger partial charge in [0, 0.05) is 5.69 Å². The molecule has 1 N–H and O–H groups in total. The largest absolute Gasteiger partial charge is 0.328 e. The Balaban J connectivity index is 2.47. The van der Waals surface area contributed by atoms with Crippen molar-refractivity contribution in [1.29, 1.82) is 0 Å². The lowest BCUT2D eigenvalue weighted by molar-refractivity contribution is -0.105. The summed E-state index contributed by atoms with van der Waals surface area (Å²) in [5.41, 5.74) is 2.18. The number of unbranched alkanes of at least 4 members (excludes halogenated alkanes) is 3. The Morgan fingerprint density at radius 2 is 2.00 bits per heavy atom. The Hall–Kier alpha value is -1.31. The molecule has 0 atom stereocenters. The van der Waals surface area contributed by atoms with E-state index < -0.39 is 0 Å². The molecule has 0 aromatic heterocycles. The third-order valence-electron chi connectivity index (χ3n) is 2.53. The lowest BCUT2D eigenvalue weighted by Crippen LogP contribution is -1.98. The van der Waals surface area contributed by atoms with Crippen LogP contribution in [0, 0.1) is 0 Å². The van der Waals surface area contributed by atoms with Gasteiger partial charge in [0.05, 0.1) is 0 Å². The van der Waals surface area contributed by atoms with Crippen molar-refractivity contribution in [1.82, 2.24) is 0 Å². The number of hydrogen-bond acceptors (Lipinski definition) is 1. The van der Waals surface area contributed by atoms with Gasteiger partial charge in [-0.05, 0) is 24.5 Å². The molecule has 0 aliphatic rings. The molecule has 0 heterocycles. The average molecular weight is 205 g/mol. The van der Waals surface area contributed by atoms with Crippen molar-refractivity contribution < 1.29 is 4.79 Å². The van der Waals surface area contributed by atoms with Gasteiger partial charge in [-0.25, -0.2) is 0 Å². The van der Waals surface area contributed by atoms with E-state index in [-0.39, 0.29) is 0 Å². The summed E-state index contributed by atoms with van der Waals surface area (Å²) in [5, 5.41) is 2.74. The first-order valence-electron chi connectivity index (χ1n) is 5.66. The number of carbonyl (C=O) groups excluding carboxylic acids is 1. The van der Waals surface area contributed by atoms with Crippen LogP contribution in [-0.2, 0) is 11.2 Å². The fraction of sp³-hybridized carbons (Fsp3) is 0.462. The molecule has 0 aliphatic carbocycles. The SMILES string of the molecule is CCCCCCc1ccccc1NC=O. The summed E-state index contributed by atoms with van der Waals surface area (Å²) in [6, 6.07) is 7.99. The Bertz CT molecular complexity index is 296. The molecule has 0 unspecified atom stereocenters. The van der Waals surface area contributed by atoms with Crippen molar-refractivity contribution in [3.8, 4) is 0 Å². The number of para-hydroxylation sites is 1. The normalized spacial score (nSPS) is 9.93. The first kappa shape index (κ1) is 11.8. The summed E-state index contributed by atoms with van der Waals surface area (Å²) >= 11 is 0. The maximum Gasteiger partial charge on any atom is 0.211 e. The fourth-order valence-corrected chi connectivity index (χ4v) is 1.68. The smallest absolute Gasteiger partial charge is 0.211 e. The summed E-state index contributed by atoms with van der Waals surface area (Å²) in [4.78, 5) is 10.4. The van der Waals surface area contributed by atoms with Crippen LogP contribution in [0.5, 0.6) is 0 Å². The minimum absolute atomic E-state index is 0.741. The number of benzene rings is 1. The Labute approximate surface area is 91.7 Å². The highest BCUT2D eigenvalue weighted by Gasteiger charge is 1.99. The molecule has 0 spiro atoms. The van der Waals surface area contributed by atoms with E-state index in [9.17, 15) is 4.79 Å². The summed E-state index contributed by atoms with van der Waals surface area (Å²) < 4.78 is 0. The molecule has 1 rings (SSSR count). The van der Waals surface area contributed by atoms with Crippen LogP contribution < -0.4 is 5.32 Å². The maximum atomic E-state index is 10.4. The third kappa shape index (κ3) is 4.15. The minimum atomic E-state index is 0.741. The minimum Gasteiger partial charge on any atom is -0.328 e. The van der Waals surface area contributed by atoms with Gasteiger partial charge in [-0.15, -0.1) is 0 Å². The number of aryl methyl sites for hydroxylation is 1. The lowest BCUT2D eigenvalue weighted by atomic mass is 10.0. The number of hydrogen-bond donors (Lipinski definition) is 1. The Kier molecular flexibility index (Phi) is 5.52. The zero-order chi connectivity index (χ0) is 10.9. The Morgan fingerprint density at radius 1 is 1.20 bits per heavy atom. The number of amides is 1. The molecule has 0 saturated heterocycles. The van der Waals surface area contributed by atoms with Gasteiger partial charge in [-0.3, -0.25) is 4.79 Å². The number of nitrogens with one attached hydrogen (secondary N) is 1. The van der Waals surface area contributed by atoms with Gasteiger partial charge < -0.3 is 5.32 Å². The second-order valence-electron chi connectivity index (χ2n) is 3.73. The van der Waals surface area contributed by atoms with Crippen LogP contribution in [-0.4, -0.2) is 6.41 Å². The monoisotopic (exact) mass is 205 g/mol. The number of carbonyl (C=O) groups is 1. The van der Waals surface area contributed by atoms with Crippen LogP contribution in [0.15, 0.2) is 24.3 Å². The van der Waals surface area contributed by atoms with Crippen LogP contribution in [0.1, 0.15) is 38.2 Å². The molecule has 82 valence electrons. The topological polar surface area (TPSA) is 29.1 Å². The standard InChI is InChI=1S/C13H19NO/c1-2-3-4-5-8-12-9-6-7-10-13(12)14-11-15/h6-7,9-11H,2-5,8H2,1H3,(H,14,15). The van der Waals surface area contributed by atoms with Gasteiger partial charge >= 0.3 is 0 Å². The molecule has 2 heteroatoms. The van der Waals surface area contributed by atoms with E-state index in [0.717, 1.165) is 18.5 Å². The van der Waals surface area contributed by atoms with Gasteiger partial charge in [0.15, 0.2) is 0 Å². The maximum absolute atomic E-state index is 10.4. The van der Waals surface area contributed by atoms with Gasteiger partial charge in [-0.2, -0.15) is 0 Å². The lowest BCUT2D eigenvalue weighted by Gasteiger charge is -2.07. The van der Waals surface area contributed by atoms with E-state index in [1.807, 2.05) is 18.2 Å². The van der Waals surface area contributed by atoms with E-state index in [1.54, 1.807) is 0 Å². The van der Waals surface area contributed by atoms with Crippen LogP contribution in [0.25, 0.3) is 0 Å². The average Bonchev–Trinajstić information content (AvgIpc) is 2.27. The molecule has 0 aliphatic heterocycles. The molecule has 0 fully saturated rings. The van der Waals surface area contributed by atoms with Gasteiger partial charge in [-0.1, -0.05) is 44.4 Å². The van der Waals surface area contributed by atoms with Gasteiger partial charge in [0.2, 0.25) is 6.41 Å².